The van der Waals surface area contributed by atoms with Gasteiger partial charge in [-0.05, 0) is 73.5 Å². The highest BCUT2D eigenvalue weighted by Crippen LogP contribution is 2.27. The Morgan fingerprint density at radius 2 is 1.03 bits per heavy atom. The van der Waals surface area contributed by atoms with Gasteiger partial charge >= 0.3 is 0 Å². The number of hydrogen-bond donors (Lipinski definition) is 2. The first-order valence-electron chi connectivity index (χ1n) is 12.7. The predicted octanol–water partition coefficient (Wildman–Crippen LogP) is 6.02. The SMILES string of the molecule is CCOc1ccc(C2NN=C(c3ccc(-c4ccc(C5=NNC(c6ccc(C)cc6)O5)cc4)cc3)O2)cc1. The van der Waals surface area contributed by atoms with Gasteiger partial charge in [0.1, 0.15) is 5.75 Å². The maximum absolute atomic E-state index is 6.06. The van der Waals surface area contributed by atoms with Gasteiger partial charge in [0, 0.05) is 22.3 Å². The Kier molecular flexibility index (Phi) is 6.40. The summed E-state index contributed by atoms with van der Waals surface area (Å²) in [6.45, 7) is 4.68. The first-order valence-corrected chi connectivity index (χ1v) is 12.7. The Morgan fingerprint density at radius 1 is 0.605 bits per heavy atom. The summed E-state index contributed by atoms with van der Waals surface area (Å²) in [6, 6.07) is 32.4. The molecule has 2 N–H and O–H groups in total. The Bertz CT molecular complexity index is 1460. The lowest BCUT2D eigenvalue weighted by atomic mass is 10.0. The van der Waals surface area contributed by atoms with Crippen LogP contribution in [0, 0.1) is 6.92 Å². The molecule has 7 heteroatoms. The topological polar surface area (TPSA) is 76.5 Å². The first kappa shape index (κ1) is 23.6. The number of nitrogens with zero attached hydrogens (tertiary/aromatic N) is 2. The van der Waals surface area contributed by atoms with E-state index < -0.39 is 0 Å². The van der Waals surface area contributed by atoms with Crippen molar-refractivity contribution in [3.63, 3.8) is 0 Å². The van der Waals surface area contributed by atoms with Crippen LogP contribution in [-0.4, -0.2) is 18.4 Å². The molecule has 7 nitrogen and oxygen atoms in total. The van der Waals surface area contributed by atoms with Gasteiger partial charge in [0.25, 0.3) is 0 Å². The summed E-state index contributed by atoms with van der Waals surface area (Å²) in [6.07, 6.45) is -0.601. The predicted molar refractivity (Wildman–Crippen MR) is 148 cm³/mol. The van der Waals surface area contributed by atoms with Crippen LogP contribution in [0.4, 0.5) is 0 Å². The molecule has 0 bridgehead atoms. The molecule has 190 valence electrons. The van der Waals surface area contributed by atoms with Crippen molar-refractivity contribution in [3.8, 4) is 16.9 Å². The summed E-state index contributed by atoms with van der Waals surface area (Å²) >= 11 is 0. The molecule has 0 saturated heterocycles. The lowest BCUT2D eigenvalue weighted by molar-refractivity contribution is 0.191. The van der Waals surface area contributed by atoms with E-state index >= 15 is 0 Å². The van der Waals surface area contributed by atoms with Crippen LogP contribution in [0.15, 0.2) is 107 Å². The second-order valence-corrected chi connectivity index (χ2v) is 9.16. The van der Waals surface area contributed by atoms with Crippen LogP contribution < -0.4 is 15.6 Å². The molecule has 2 atom stereocenters. The summed E-state index contributed by atoms with van der Waals surface area (Å²) in [5.41, 5.74) is 13.4. The van der Waals surface area contributed by atoms with Gasteiger partial charge in [0.2, 0.25) is 24.3 Å². The molecule has 2 unspecified atom stereocenters. The van der Waals surface area contributed by atoms with Gasteiger partial charge in [0.15, 0.2) is 0 Å². The maximum atomic E-state index is 6.06. The molecule has 0 amide bonds. The van der Waals surface area contributed by atoms with E-state index in [1.165, 1.54) is 5.56 Å². The molecule has 0 saturated carbocycles. The van der Waals surface area contributed by atoms with Gasteiger partial charge < -0.3 is 14.2 Å². The molecule has 38 heavy (non-hydrogen) atoms. The van der Waals surface area contributed by atoms with Crippen LogP contribution in [0.2, 0.25) is 0 Å². The van der Waals surface area contributed by atoms with Gasteiger partial charge in [-0.1, -0.05) is 54.1 Å². The number of nitrogens with one attached hydrogen (secondary N) is 2. The van der Waals surface area contributed by atoms with Crippen molar-refractivity contribution in [1.82, 2.24) is 10.9 Å². The van der Waals surface area contributed by atoms with E-state index in [0.717, 1.165) is 39.1 Å². The Morgan fingerprint density at radius 3 is 1.47 bits per heavy atom. The minimum absolute atomic E-state index is 0.276. The molecule has 6 rings (SSSR count). The van der Waals surface area contributed by atoms with Crippen LogP contribution in [0.3, 0.4) is 0 Å². The summed E-state index contributed by atoms with van der Waals surface area (Å²) in [4.78, 5) is 0. The Balaban J connectivity index is 1.08. The van der Waals surface area contributed by atoms with E-state index in [1.807, 2.05) is 55.5 Å². The second kappa shape index (κ2) is 10.3. The van der Waals surface area contributed by atoms with Gasteiger partial charge in [-0.25, -0.2) is 0 Å². The van der Waals surface area contributed by atoms with Crippen LogP contribution in [0.1, 0.15) is 47.2 Å². The third-order valence-electron chi connectivity index (χ3n) is 6.50. The minimum atomic E-state index is -0.325. The number of ether oxygens (including phenoxy) is 3. The van der Waals surface area contributed by atoms with Gasteiger partial charge in [-0.3, -0.25) is 10.9 Å². The molecule has 0 fully saturated rings. The molecule has 4 aromatic rings. The van der Waals surface area contributed by atoms with Crippen molar-refractivity contribution in [2.45, 2.75) is 26.3 Å². The molecule has 0 spiro atoms. The van der Waals surface area contributed by atoms with E-state index in [0.29, 0.717) is 18.4 Å². The van der Waals surface area contributed by atoms with Gasteiger partial charge in [-0.2, -0.15) is 0 Å². The molecular weight excluding hydrogens is 476 g/mol. The normalized spacial score (nSPS) is 17.9. The molecule has 4 aromatic carbocycles. The second-order valence-electron chi connectivity index (χ2n) is 9.16. The minimum Gasteiger partial charge on any atom is -0.494 e. The molecule has 2 aliphatic heterocycles. The van der Waals surface area contributed by atoms with Gasteiger partial charge in [-0.15, -0.1) is 10.2 Å². The fourth-order valence-corrected chi connectivity index (χ4v) is 4.37. The summed E-state index contributed by atoms with van der Waals surface area (Å²) < 4.78 is 17.6. The number of benzene rings is 4. The van der Waals surface area contributed by atoms with Crippen molar-refractivity contribution in [3.05, 3.63) is 125 Å². The molecule has 0 aliphatic carbocycles. The van der Waals surface area contributed by atoms with E-state index in [2.05, 4.69) is 76.5 Å². The van der Waals surface area contributed by atoms with Crippen LogP contribution in [0.25, 0.3) is 11.1 Å². The van der Waals surface area contributed by atoms with Crippen molar-refractivity contribution < 1.29 is 14.2 Å². The van der Waals surface area contributed by atoms with Crippen molar-refractivity contribution in [2.24, 2.45) is 10.2 Å². The van der Waals surface area contributed by atoms with Gasteiger partial charge in [0.05, 0.1) is 6.61 Å². The fourth-order valence-electron chi connectivity index (χ4n) is 4.37. The summed E-state index contributed by atoms with van der Waals surface area (Å²) in [5.74, 6) is 1.99. The zero-order valence-corrected chi connectivity index (χ0v) is 21.2. The molecule has 2 aliphatic rings. The fraction of sp³-hybridized carbons (Fsp3) is 0.161. The highest BCUT2D eigenvalue weighted by molar-refractivity contribution is 5.96. The third-order valence-corrected chi connectivity index (χ3v) is 6.50. The van der Waals surface area contributed by atoms with E-state index in [4.69, 9.17) is 14.2 Å². The van der Waals surface area contributed by atoms with E-state index in [1.54, 1.807) is 0 Å². The first-order chi connectivity index (χ1) is 18.7. The molecule has 0 radical (unpaired) electrons. The third kappa shape index (κ3) is 4.91. The Hall–Kier alpha value is -4.78. The zero-order chi connectivity index (χ0) is 25.9. The quantitative estimate of drug-likeness (QED) is 0.322. The van der Waals surface area contributed by atoms with Crippen molar-refractivity contribution >= 4 is 11.8 Å². The van der Waals surface area contributed by atoms with Crippen molar-refractivity contribution in [2.75, 3.05) is 6.61 Å². The highest BCUT2D eigenvalue weighted by atomic mass is 16.5. The average Bonchev–Trinajstić information content (AvgIpc) is 3.66. The molecular formula is C31H28N4O3. The van der Waals surface area contributed by atoms with Crippen molar-refractivity contribution in [1.29, 1.82) is 0 Å². The number of hydrogen-bond acceptors (Lipinski definition) is 7. The van der Waals surface area contributed by atoms with Crippen LogP contribution in [0.5, 0.6) is 5.75 Å². The molecule has 0 aromatic heterocycles. The number of rotatable bonds is 7. The van der Waals surface area contributed by atoms with E-state index in [-0.39, 0.29) is 12.5 Å². The lowest BCUT2D eigenvalue weighted by Crippen LogP contribution is -2.12. The monoisotopic (exact) mass is 504 g/mol. The largest absolute Gasteiger partial charge is 0.494 e. The number of aryl methyl sites for hydroxylation is 1. The standard InChI is InChI=1S/C31H28N4O3/c1-3-36-27-18-16-26(17-19-27)31-35-34-30(38-31)25-14-10-22(11-15-25)21-8-12-24(13-9-21)29-33-32-28(37-29)23-6-4-20(2)5-7-23/h4-19,28,31-32,35H,3H2,1-2H3. The number of hydrazone groups is 2. The zero-order valence-electron chi connectivity index (χ0n) is 21.2. The maximum Gasteiger partial charge on any atom is 0.240 e. The highest BCUT2D eigenvalue weighted by Gasteiger charge is 2.23. The summed E-state index contributed by atoms with van der Waals surface area (Å²) in [5, 5.41) is 8.78. The Labute approximate surface area is 221 Å². The molecule has 2 heterocycles. The summed E-state index contributed by atoms with van der Waals surface area (Å²) in [7, 11) is 0. The lowest BCUT2D eigenvalue weighted by Gasteiger charge is -2.12. The van der Waals surface area contributed by atoms with Crippen LogP contribution >= 0.6 is 0 Å². The average molecular weight is 505 g/mol. The smallest absolute Gasteiger partial charge is 0.240 e. The van der Waals surface area contributed by atoms with Crippen LogP contribution in [-0.2, 0) is 9.47 Å². The van der Waals surface area contributed by atoms with E-state index in [9.17, 15) is 0 Å².